The summed E-state index contributed by atoms with van der Waals surface area (Å²) in [6.07, 6.45) is 4.03. The summed E-state index contributed by atoms with van der Waals surface area (Å²) >= 11 is 0. The number of benzene rings is 3. The van der Waals surface area contributed by atoms with E-state index in [2.05, 4.69) is 21.4 Å². The van der Waals surface area contributed by atoms with Crippen LogP contribution >= 0.6 is 0 Å². The molecular weight excluding hydrogens is 582 g/mol. The van der Waals surface area contributed by atoms with Gasteiger partial charge in [0.1, 0.15) is 11.8 Å². The van der Waals surface area contributed by atoms with Crippen LogP contribution < -0.4 is 15.7 Å². The third-order valence-electron chi connectivity index (χ3n) is 7.80. The number of ether oxygens (including phenoxy) is 1. The monoisotopic (exact) mass is 611 g/mol. The van der Waals surface area contributed by atoms with Gasteiger partial charge in [-0.25, -0.2) is 18.2 Å². The average Bonchev–Trinajstić information content (AvgIpc) is 3.81. The maximum atomic E-state index is 14.4. The van der Waals surface area contributed by atoms with Gasteiger partial charge < -0.3 is 19.9 Å². The van der Waals surface area contributed by atoms with Crippen LogP contribution in [-0.2, 0) is 21.4 Å². The van der Waals surface area contributed by atoms with E-state index in [1.807, 2.05) is 0 Å². The smallest absolute Gasteiger partial charge is 0.344 e. The molecular formula is C31H29N7O5S. The molecule has 1 aliphatic rings. The fourth-order valence-corrected chi connectivity index (χ4v) is 6.97. The molecule has 0 saturated carbocycles. The molecule has 1 aliphatic heterocycles. The van der Waals surface area contributed by atoms with E-state index >= 15 is 0 Å². The van der Waals surface area contributed by atoms with E-state index < -0.39 is 21.8 Å². The molecule has 1 amide bonds. The molecule has 2 N–H and O–H groups in total. The Labute approximate surface area is 253 Å². The molecule has 0 spiro atoms. The summed E-state index contributed by atoms with van der Waals surface area (Å²) in [4.78, 5) is 37.3. The first-order chi connectivity index (χ1) is 21.3. The molecule has 0 radical (unpaired) electrons. The van der Waals surface area contributed by atoms with E-state index in [-0.39, 0.29) is 33.4 Å². The molecule has 0 bridgehead atoms. The molecule has 3 aromatic carbocycles. The van der Waals surface area contributed by atoms with Crippen LogP contribution in [-0.4, -0.2) is 64.0 Å². The van der Waals surface area contributed by atoms with E-state index in [1.165, 1.54) is 54.1 Å². The third-order valence-corrected chi connectivity index (χ3v) is 9.51. The lowest BCUT2D eigenvalue weighted by atomic mass is 10.0. The van der Waals surface area contributed by atoms with Crippen LogP contribution in [0.2, 0.25) is 0 Å². The highest BCUT2D eigenvalue weighted by Gasteiger charge is 2.37. The van der Waals surface area contributed by atoms with E-state index in [0.29, 0.717) is 41.3 Å². The molecule has 12 nitrogen and oxygen atoms in total. The number of amides is 1. The maximum absolute atomic E-state index is 14.4. The van der Waals surface area contributed by atoms with Crippen molar-refractivity contribution in [1.82, 2.24) is 28.7 Å². The fourth-order valence-electron chi connectivity index (χ4n) is 5.57. The number of likely N-dealkylation sites (tertiary alicyclic amines) is 1. The predicted molar refractivity (Wildman–Crippen MR) is 161 cm³/mol. The highest BCUT2D eigenvalue weighted by atomic mass is 32.2. The predicted octanol–water partition coefficient (Wildman–Crippen LogP) is 2.62. The molecule has 2 aromatic heterocycles. The summed E-state index contributed by atoms with van der Waals surface area (Å²) in [5, 5.41) is 13.1. The van der Waals surface area contributed by atoms with Gasteiger partial charge in [-0.3, -0.25) is 9.36 Å². The number of H-pyrrole nitrogens is 1. The highest BCUT2D eigenvalue weighted by Crippen LogP contribution is 2.29. The Hall–Kier alpha value is -5.19. The first kappa shape index (κ1) is 28.9. The summed E-state index contributed by atoms with van der Waals surface area (Å²) in [5.41, 5.74) is 0.940. The number of rotatable bonds is 9. The Balaban J connectivity index is 1.46. The Bertz CT molecular complexity index is 2010. The van der Waals surface area contributed by atoms with Crippen LogP contribution in [0.25, 0.3) is 11.0 Å². The maximum Gasteiger partial charge on any atom is 0.344 e. The van der Waals surface area contributed by atoms with Crippen molar-refractivity contribution in [3.8, 4) is 11.8 Å². The van der Waals surface area contributed by atoms with Gasteiger partial charge in [-0.05, 0) is 54.4 Å². The minimum Gasteiger partial charge on any atom is -0.497 e. The highest BCUT2D eigenvalue weighted by molar-refractivity contribution is 7.90. The van der Waals surface area contributed by atoms with Gasteiger partial charge in [0.25, 0.3) is 15.9 Å². The van der Waals surface area contributed by atoms with E-state index in [0.717, 1.165) is 5.69 Å². The van der Waals surface area contributed by atoms with Gasteiger partial charge in [0.15, 0.2) is 0 Å². The molecule has 44 heavy (non-hydrogen) atoms. The van der Waals surface area contributed by atoms with Crippen molar-refractivity contribution in [2.45, 2.75) is 29.9 Å². The van der Waals surface area contributed by atoms with Crippen LogP contribution in [0.5, 0.6) is 5.75 Å². The standard InChI is InChI=1S/C31H29N7O5S/c1-43-25-8-10-26(11-9-25)44(41,42)38-27-12-7-21(16-32)15-28(27)37(31(38)40)29(22-5-3-2-4-6-22)30(39)36-14-13-23(19-36)34-18-24-17-33-20-35-24/h2-12,15,17,20,23,29,34H,13-14,18-19H2,1H3,(H,33,35). The summed E-state index contributed by atoms with van der Waals surface area (Å²) in [7, 11) is -2.95. The molecule has 3 heterocycles. The number of carbonyl (C=O) groups excluding carboxylic acids is 1. The summed E-state index contributed by atoms with van der Waals surface area (Å²) < 4.78 is 35.0. The molecule has 2 unspecified atom stereocenters. The number of aromatic amines is 1. The summed E-state index contributed by atoms with van der Waals surface area (Å²) in [5.74, 6) is 0.0995. The molecule has 1 saturated heterocycles. The van der Waals surface area contributed by atoms with Crippen LogP contribution in [0.1, 0.15) is 29.3 Å². The summed E-state index contributed by atoms with van der Waals surface area (Å²) in [6.45, 7) is 1.41. The van der Waals surface area contributed by atoms with Crippen molar-refractivity contribution < 1.29 is 17.9 Å². The third kappa shape index (κ3) is 5.25. The zero-order chi connectivity index (χ0) is 30.8. The van der Waals surface area contributed by atoms with Crippen LogP contribution in [0.4, 0.5) is 0 Å². The minimum absolute atomic E-state index is 0.0115. The number of hydrogen-bond donors (Lipinski definition) is 2. The molecule has 1 fully saturated rings. The number of carbonyl (C=O) groups is 1. The number of nitrogens with one attached hydrogen (secondary N) is 2. The normalized spacial score (nSPS) is 15.7. The van der Waals surface area contributed by atoms with E-state index in [4.69, 9.17) is 4.74 Å². The lowest BCUT2D eigenvalue weighted by molar-refractivity contribution is -0.132. The molecule has 224 valence electrons. The van der Waals surface area contributed by atoms with Crippen LogP contribution in [0.15, 0.2) is 95.0 Å². The zero-order valence-electron chi connectivity index (χ0n) is 23.8. The van der Waals surface area contributed by atoms with Crippen molar-refractivity contribution >= 4 is 27.0 Å². The number of aromatic nitrogens is 4. The second-order valence-electron chi connectivity index (χ2n) is 10.5. The first-order valence-corrected chi connectivity index (χ1v) is 15.4. The quantitative estimate of drug-likeness (QED) is 0.258. The average molecular weight is 612 g/mol. The SMILES string of the molecule is COc1ccc(S(=O)(=O)n2c(=O)n(C(C(=O)N3CCC(NCc4cnc[nH]4)C3)c3ccccc3)c3cc(C#N)ccc32)cc1. The number of methoxy groups -OCH3 is 1. The number of hydrogen-bond acceptors (Lipinski definition) is 8. The number of fused-ring (bicyclic) bond motifs is 1. The first-order valence-electron chi connectivity index (χ1n) is 13.9. The fraction of sp³-hybridized carbons (Fsp3) is 0.226. The molecule has 2 atom stereocenters. The van der Waals surface area contributed by atoms with Crippen LogP contribution in [0, 0.1) is 11.3 Å². The summed E-state index contributed by atoms with van der Waals surface area (Å²) in [6, 6.07) is 19.7. The van der Waals surface area contributed by atoms with E-state index in [9.17, 15) is 23.3 Å². The van der Waals surface area contributed by atoms with Gasteiger partial charge >= 0.3 is 5.69 Å². The lowest BCUT2D eigenvalue weighted by Crippen LogP contribution is -2.42. The molecule has 13 heteroatoms. The van der Waals surface area contributed by atoms with Gasteiger partial charge in [0.2, 0.25) is 0 Å². The van der Waals surface area contributed by atoms with Crippen molar-refractivity contribution in [2.24, 2.45) is 0 Å². The Morgan fingerprint density at radius 1 is 1.14 bits per heavy atom. The topological polar surface area (TPSA) is 155 Å². The Morgan fingerprint density at radius 3 is 2.59 bits per heavy atom. The molecule has 0 aliphatic carbocycles. The number of nitriles is 1. The molecule has 5 aromatic rings. The number of nitrogens with zero attached hydrogens (tertiary/aromatic N) is 5. The van der Waals surface area contributed by atoms with E-state index in [1.54, 1.807) is 47.8 Å². The van der Waals surface area contributed by atoms with Gasteiger partial charge in [0, 0.05) is 37.6 Å². The zero-order valence-corrected chi connectivity index (χ0v) is 24.6. The van der Waals surface area contributed by atoms with Crippen molar-refractivity contribution in [1.29, 1.82) is 5.26 Å². The second kappa shape index (κ2) is 11.8. The number of imidazole rings is 2. The molecule has 6 rings (SSSR count). The largest absolute Gasteiger partial charge is 0.497 e. The van der Waals surface area contributed by atoms with Crippen molar-refractivity contribution in [3.05, 3.63) is 113 Å². The van der Waals surface area contributed by atoms with Crippen molar-refractivity contribution in [2.75, 3.05) is 20.2 Å². The van der Waals surface area contributed by atoms with Gasteiger partial charge in [-0.15, -0.1) is 0 Å². The van der Waals surface area contributed by atoms with Crippen molar-refractivity contribution in [3.63, 3.8) is 0 Å². The second-order valence-corrected chi connectivity index (χ2v) is 12.2. The van der Waals surface area contributed by atoms with Gasteiger partial charge in [-0.1, -0.05) is 30.3 Å². The van der Waals surface area contributed by atoms with Crippen LogP contribution in [0.3, 0.4) is 0 Å². The Kier molecular flexibility index (Phi) is 7.77. The minimum atomic E-state index is -4.42. The Morgan fingerprint density at radius 2 is 1.91 bits per heavy atom. The van der Waals surface area contributed by atoms with Gasteiger partial charge in [-0.2, -0.15) is 9.23 Å². The van der Waals surface area contributed by atoms with Gasteiger partial charge in [0.05, 0.1) is 41.0 Å². The lowest BCUT2D eigenvalue weighted by Gasteiger charge is -2.25.